The maximum absolute atomic E-state index is 13.6. The molecule has 0 aliphatic heterocycles. The maximum atomic E-state index is 13.6. The predicted molar refractivity (Wildman–Crippen MR) is 159 cm³/mol. The molecule has 1 N–H and O–H groups in total. The van der Waals surface area contributed by atoms with Gasteiger partial charge in [0.25, 0.3) is 0 Å². The van der Waals surface area contributed by atoms with Crippen LogP contribution in [0.25, 0.3) is 0 Å². The number of rotatable bonds is 13. The standard InChI is InChI=1S/C29H39Cl2N3O4S/c1-4-21-12-16-25(17-13-21)34(39(3,37)38)18-8-11-28(35)33(20-22-14-15-23(30)19-26(22)31)27(5-2)29(36)32-24-9-6-7-10-24/h12-17,19,24,27H,4-11,18,20H2,1-3H3,(H,32,36)/t27-/m0/s1. The second-order valence-corrected chi connectivity index (χ2v) is 12.9. The van der Waals surface area contributed by atoms with Gasteiger partial charge in [-0.2, -0.15) is 0 Å². The van der Waals surface area contributed by atoms with Gasteiger partial charge in [0.1, 0.15) is 6.04 Å². The Kier molecular flexibility index (Phi) is 11.5. The van der Waals surface area contributed by atoms with Crippen molar-refractivity contribution in [3.05, 3.63) is 63.6 Å². The number of aryl methyl sites for hydroxylation is 1. The highest BCUT2D eigenvalue weighted by Gasteiger charge is 2.31. The summed E-state index contributed by atoms with van der Waals surface area (Å²) in [5.41, 5.74) is 2.37. The molecule has 3 rings (SSSR count). The Balaban J connectivity index is 1.77. The molecule has 0 heterocycles. The summed E-state index contributed by atoms with van der Waals surface area (Å²) in [6.45, 7) is 4.22. The molecule has 39 heavy (non-hydrogen) atoms. The molecule has 214 valence electrons. The van der Waals surface area contributed by atoms with E-state index in [0.29, 0.717) is 34.1 Å². The van der Waals surface area contributed by atoms with Crippen molar-refractivity contribution in [2.24, 2.45) is 0 Å². The van der Waals surface area contributed by atoms with E-state index in [-0.39, 0.29) is 37.4 Å². The number of carbonyl (C=O) groups excluding carboxylic acids is 2. The van der Waals surface area contributed by atoms with Crippen LogP contribution < -0.4 is 9.62 Å². The number of amides is 2. The molecule has 1 aliphatic rings. The molecule has 0 aromatic heterocycles. The summed E-state index contributed by atoms with van der Waals surface area (Å²) in [4.78, 5) is 28.5. The minimum absolute atomic E-state index is 0.0808. The Morgan fingerprint density at radius 3 is 2.28 bits per heavy atom. The predicted octanol–water partition coefficient (Wildman–Crippen LogP) is 5.97. The number of benzene rings is 2. The minimum atomic E-state index is -3.55. The fourth-order valence-electron chi connectivity index (χ4n) is 5.02. The first kappa shape index (κ1) is 31.2. The molecule has 1 saturated carbocycles. The van der Waals surface area contributed by atoms with E-state index in [0.717, 1.165) is 43.9 Å². The fraction of sp³-hybridized carbons (Fsp3) is 0.517. The van der Waals surface area contributed by atoms with Gasteiger partial charge in [-0.3, -0.25) is 13.9 Å². The normalized spacial score (nSPS) is 14.7. The van der Waals surface area contributed by atoms with Crippen molar-refractivity contribution in [1.82, 2.24) is 10.2 Å². The van der Waals surface area contributed by atoms with Gasteiger partial charge in [-0.25, -0.2) is 8.42 Å². The highest BCUT2D eigenvalue weighted by atomic mass is 35.5. The van der Waals surface area contributed by atoms with E-state index >= 15 is 0 Å². The average molecular weight is 597 g/mol. The van der Waals surface area contributed by atoms with Gasteiger partial charge in [-0.05, 0) is 67.5 Å². The molecule has 0 unspecified atom stereocenters. The van der Waals surface area contributed by atoms with Gasteiger partial charge in [0, 0.05) is 35.6 Å². The van der Waals surface area contributed by atoms with Crippen molar-refractivity contribution >= 4 is 50.7 Å². The summed E-state index contributed by atoms with van der Waals surface area (Å²) in [6, 6.07) is 11.9. The van der Waals surface area contributed by atoms with E-state index in [2.05, 4.69) is 5.32 Å². The number of hydrogen-bond donors (Lipinski definition) is 1. The van der Waals surface area contributed by atoms with E-state index in [1.807, 2.05) is 26.0 Å². The molecule has 10 heteroatoms. The molecular formula is C29H39Cl2N3O4S. The van der Waals surface area contributed by atoms with Gasteiger partial charge in [0.15, 0.2) is 0 Å². The molecule has 1 aliphatic carbocycles. The van der Waals surface area contributed by atoms with Gasteiger partial charge < -0.3 is 10.2 Å². The van der Waals surface area contributed by atoms with E-state index in [1.165, 1.54) is 4.31 Å². The number of halogens is 2. The van der Waals surface area contributed by atoms with Gasteiger partial charge in [0.05, 0.1) is 11.9 Å². The topological polar surface area (TPSA) is 86.8 Å². The summed E-state index contributed by atoms with van der Waals surface area (Å²) < 4.78 is 26.4. The van der Waals surface area contributed by atoms with Crippen LogP contribution in [-0.4, -0.2) is 50.0 Å². The Labute approximate surface area is 242 Å². The molecule has 7 nitrogen and oxygen atoms in total. The Morgan fingerprint density at radius 1 is 1.05 bits per heavy atom. The number of hydrogen-bond acceptors (Lipinski definition) is 4. The van der Waals surface area contributed by atoms with Crippen LogP contribution in [0.3, 0.4) is 0 Å². The summed E-state index contributed by atoms with van der Waals surface area (Å²) in [7, 11) is -3.55. The molecular weight excluding hydrogens is 557 g/mol. The number of carbonyl (C=O) groups is 2. The highest BCUT2D eigenvalue weighted by Crippen LogP contribution is 2.25. The second-order valence-electron chi connectivity index (χ2n) is 10.1. The van der Waals surface area contributed by atoms with Gasteiger partial charge in [-0.15, -0.1) is 0 Å². The Morgan fingerprint density at radius 2 is 1.72 bits per heavy atom. The first-order valence-electron chi connectivity index (χ1n) is 13.6. The zero-order valence-electron chi connectivity index (χ0n) is 23.0. The van der Waals surface area contributed by atoms with Crippen LogP contribution in [0.1, 0.15) is 69.9 Å². The quantitative estimate of drug-likeness (QED) is 0.309. The first-order valence-corrected chi connectivity index (χ1v) is 16.2. The zero-order valence-corrected chi connectivity index (χ0v) is 25.3. The van der Waals surface area contributed by atoms with Crippen LogP contribution in [-0.2, 0) is 32.6 Å². The number of nitrogens with one attached hydrogen (secondary N) is 1. The molecule has 0 bridgehead atoms. The number of nitrogens with zero attached hydrogens (tertiary/aromatic N) is 2. The van der Waals surface area contributed by atoms with Crippen molar-refractivity contribution in [2.45, 2.75) is 83.8 Å². The molecule has 0 radical (unpaired) electrons. The Hall–Kier alpha value is -2.29. The zero-order chi connectivity index (χ0) is 28.6. The van der Waals surface area contributed by atoms with E-state index in [4.69, 9.17) is 23.2 Å². The molecule has 1 fully saturated rings. The Bertz CT molecular complexity index is 1230. The number of sulfonamides is 1. The second kappa shape index (κ2) is 14.4. The average Bonchev–Trinajstić information content (AvgIpc) is 3.40. The van der Waals surface area contributed by atoms with Crippen molar-refractivity contribution in [3.63, 3.8) is 0 Å². The fourth-order valence-corrected chi connectivity index (χ4v) is 6.46. The van der Waals surface area contributed by atoms with Crippen LogP contribution in [0.2, 0.25) is 10.0 Å². The van der Waals surface area contributed by atoms with Gasteiger partial charge in [-0.1, -0.05) is 68.1 Å². The third kappa shape index (κ3) is 8.85. The van der Waals surface area contributed by atoms with Crippen LogP contribution in [0.15, 0.2) is 42.5 Å². The van der Waals surface area contributed by atoms with Crippen LogP contribution >= 0.6 is 23.2 Å². The number of anilines is 1. The summed E-state index contributed by atoms with van der Waals surface area (Å²) in [6.07, 6.45) is 6.90. The van der Waals surface area contributed by atoms with Crippen molar-refractivity contribution in [2.75, 3.05) is 17.1 Å². The largest absolute Gasteiger partial charge is 0.352 e. The molecule has 0 spiro atoms. The lowest BCUT2D eigenvalue weighted by Gasteiger charge is -2.32. The molecule has 2 aromatic rings. The summed E-state index contributed by atoms with van der Waals surface area (Å²) >= 11 is 12.5. The molecule has 1 atom stereocenters. The SMILES string of the molecule is CCc1ccc(N(CCCC(=O)N(Cc2ccc(Cl)cc2Cl)[C@@H](CC)C(=O)NC2CCCC2)S(C)(=O)=O)cc1. The van der Waals surface area contributed by atoms with E-state index in [1.54, 1.807) is 35.2 Å². The van der Waals surface area contributed by atoms with Crippen LogP contribution in [0.5, 0.6) is 0 Å². The van der Waals surface area contributed by atoms with Crippen LogP contribution in [0, 0.1) is 0 Å². The third-order valence-electron chi connectivity index (χ3n) is 7.23. The van der Waals surface area contributed by atoms with Crippen molar-refractivity contribution in [1.29, 1.82) is 0 Å². The van der Waals surface area contributed by atoms with Crippen molar-refractivity contribution in [3.8, 4) is 0 Å². The van der Waals surface area contributed by atoms with Gasteiger partial charge >= 0.3 is 0 Å². The van der Waals surface area contributed by atoms with E-state index < -0.39 is 16.1 Å². The molecule has 2 amide bonds. The lowest BCUT2D eigenvalue weighted by molar-refractivity contribution is -0.141. The maximum Gasteiger partial charge on any atom is 0.243 e. The highest BCUT2D eigenvalue weighted by molar-refractivity contribution is 7.92. The smallest absolute Gasteiger partial charge is 0.243 e. The summed E-state index contributed by atoms with van der Waals surface area (Å²) in [5, 5.41) is 4.03. The van der Waals surface area contributed by atoms with Gasteiger partial charge in [0.2, 0.25) is 21.8 Å². The summed E-state index contributed by atoms with van der Waals surface area (Å²) in [5.74, 6) is -0.402. The minimum Gasteiger partial charge on any atom is -0.352 e. The molecule has 0 saturated heterocycles. The first-order chi connectivity index (χ1) is 18.5. The van der Waals surface area contributed by atoms with Crippen molar-refractivity contribution < 1.29 is 18.0 Å². The monoisotopic (exact) mass is 595 g/mol. The lowest BCUT2D eigenvalue weighted by atomic mass is 10.1. The molecule has 2 aromatic carbocycles. The lowest BCUT2D eigenvalue weighted by Crippen LogP contribution is -2.51. The van der Waals surface area contributed by atoms with E-state index in [9.17, 15) is 18.0 Å². The van der Waals surface area contributed by atoms with Crippen LogP contribution in [0.4, 0.5) is 5.69 Å². The third-order valence-corrected chi connectivity index (χ3v) is 9.01.